The van der Waals surface area contributed by atoms with Gasteiger partial charge < -0.3 is 9.32 Å². The van der Waals surface area contributed by atoms with Gasteiger partial charge in [0.2, 0.25) is 0 Å². The first-order valence-electron chi connectivity index (χ1n) is 22.4. The molecule has 0 saturated heterocycles. The van der Waals surface area contributed by atoms with Gasteiger partial charge in [-0.3, -0.25) is 4.98 Å². The second-order valence-corrected chi connectivity index (χ2v) is 17.3. The van der Waals surface area contributed by atoms with Crippen LogP contribution in [0.2, 0.25) is 0 Å². The maximum Gasteiger partial charge on any atom is 0.135 e. The highest BCUT2D eigenvalue weighted by Crippen LogP contribution is 2.63. The summed E-state index contributed by atoms with van der Waals surface area (Å²) >= 11 is 0. The number of hydrogen-bond acceptors (Lipinski definition) is 3. The van der Waals surface area contributed by atoms with Crippen LogP contribution in [0.3, 0.4) is 0 Å². The zero-order chi connectivity index (χ0) is 42.6. The fourth-order valence-electron chi connectivity index (χ4n) is 11.5. The minimum atomic E-state index is -0.494. The Labute approximate surface area is 376 Å². The molecule has 3 heteroatoms. The Morgan fingerprint density at radius 1 is 0.354 bits per heavy atom. The highest BCUT2D eigenvalue weighted by Gasteiger charge is 2.51. The number of aromatic nitrogens is 1. The van der Waals surface area contributed by atoms with E-state index in [0.717, 1.165) is 44.4 Å². The second kappa shape index (κ2) is 13.7. The van der Waals surface area contributed by atoms with Crippen LogP contribution >= 0.6 is 0 Å². The van der Waals surface area contributed by atoms with Gasteiger partial charge in [0.25, 0.3) is 0 Å². The van der Waals surface area contributed by atoms with E-state index >= 15 is 0 Å². The van der Waals surface area contributed by atoms with Gasteiger partial charge in [-0.05, 0) is 126 Å². The summed E-state index contributed by atoms with van der Waals surface area (Å²) in [5.74, 6) is 0. The molecule has 10 aromatic carbocycles. The van der Waals surface area contributed by atoms with Gasteiger partial charge in [0, 0.05) is 33.8 Å². The van der Waals surface area contributed by atoms with Gasteiger partial charge in [0.05, 0.1) is 22.5 Å². The molecule has 0 unspecified atom stereocenters. The lowest BCUT2D eigenvalue weighted by Gasteiger charge is -2.45. The molecule has 3 nitrogen and oxygen atoms in total. The van der Waals surface area contributed by atoms with E-state index in [1.165, 1.54) is 83.0 Å². The zero-order valence-corrected chi connectivity index (χ0v) is 35.2. The van der Waals surface area contributed by atoms with Gasteiger partial charge in [-0.25, -0.2) is 0 Å². The normalized spacial score (nSPS) is 13.3. The summed E-state index contributed by atoms with van der Waals surface area (Å²) in [6.45, 7) is 0. The Balaban J connectivity index is 0.910. The topological polar surface area (TPSA) is 29.3 Å². The van der Waals surface area contributed by atoms with Crippen molar-refractivity contribution in [3.63, 3.8) is 0 Å². The number of fused-ring (bicyclic) bond motifs is 14. The van der Waals surface area contributed by atoms with Crippen molar-refractivity contribution in [2.45, 2.75) is 5.41 Å². The molecule has 0 bridgehead atoms. The van der Waals surface area contributed by atoms with Crippen LogP contribution in [0.15, 0.2) is 235 Å². The molecule has 1 spiro atoms. The van der Waals surface area contributed by atoms with Crippen LogP contribution in [0, 0.1) is 0 Å². The summed E-state index contributed by atoms with van der Waals surface area (Å²) in [4.78, 5) is 7.69. The summed E-state index contributed by atoms with van der Waals surface area (Å²) in [5, 5.41) is 7.08. The van der Waals surface area contributed by atoms with E-state index in [1.807, 2.05) is 12.1 Å². The standard InChI is InChI=1S/C62H38N2O/c1-2-16-42(17-3-1)64-56-27-13-11-25-53(56)62(54-26-12-14-28-57(54)64)51-24-10-8-18-43(51)49-36-39(30-33-52(49)62)55-34-31-41(38-63-55)61-47-22-6-4-20-45(47)60(46-21-5-7-23-48(46)61)40-32-35-59-50(37-40)44-19-9-15-29-58(44)65-59/h1-38H. The van der Waals surface area contributed by atoms with E-state index in [1.54, 1.807) is 0 Å². The van der Waals surface area contributed by atoms with Crippen LogP contribution in [-0.4, -0.2) is 4.98 Å². The molecule has 1 aliphatic carbocycles. The lowest BCUT2D eigenvalue weighted by atomic mass is 9.64. The third kappa shape index (κ3) is 5.04. The van der Waals surface area contributed by atoms with Crippen molar-refractivity contribution >= 4 is 60.5 Å². The first-order valence-corrected chi connectivity index (χ1v) is 22.4. The van der Waals surface area contributed by atoms with E-state index in [-0.39, 0.29) is 0 Å². The van der Waals surface area contributed by atoms with Crippen molar-refractivity contribution in [1.82, 2.24) is 4.98 Å². The number of pyridine rings is 1. The minimum Gasteiger partial charge on any atom is -0.456 e. The van der Waals surface area contributed by atoms with Crippen molar-refractivity contribution < 1.29 is 4.42 Å². The first-order chi connectivity index (χ1) is 32.3. The molecule has 1 aliphatic heterocycles. The molecule has 0 amide bonds. The number of benzene rings is 10. The predicted molar refractivity (Wildman–Crippen MR) is 268 cm³/mol. The van der Waals surface area contributed by atoms with Gasteiger partial charge in [0.1, 0.15) is 11.2 Å². The van der Waals surface area contributed by atoms with Crippen molar-refractivity contribution in [2.24, 2.45) is 0 Å². The molecule has 2 aromatic heterocycles. The molecular weight excluding hydrogens is 789 g/mol. The fourth-order valence-corrected chi connectivity index (χ4v) is 11.5. The second-order valence-electron chi connectivity index (χ2n) is 17.3. The molecule has 0 N–H and O–H groups in total. The molecular formula is C62H38N2O. The van der Waals surface area contributed by atoms with E-state index < -0.39 is 5.41 Å². The Kier molecular flexibility index (Phi) is 7.61. The average Bonchev–Trinajstić information content (AvgIpc) is 3.89. The molecule has 0 radical (unpaired) electrons. The predicted octanol–water partition coefficient (Wildman–Crippen LogP) is 16.4. The number of rotatable bonds is 4. The van der Waals surface area contributed by atoms with Gasteiger partial charge in [0.15, 0.2) is 0 Å². The van der Waals surface area contributed by atoms with Crippen LogP contribution in [-0.2, 0) is 5.41 Å². The van der Waals surface area contributed by atoms with Gasteiger partial charge in [-0.15, -0.1) is 0 Å². The van der Waals surface area contributed by atoms with E-state index in [4.69, 9.17) is 9.40 Å². The highest BCUT2D eigenvalue weighted by atomic mass is 16.3. The molecule has 0 atom stereocenters. The summed E-state index contributed by atoms with van der Waals surface area (Å²) in [6.07, 6.45) is 2.07. The Morgan fingerprint density at radius 2 is 0.877 bits per heavy atom. The number of anilines is 3. The largest absolute Gasteiger partial charge is 0.456 e. The van der Waals surface area contributed by atoms with Gasteiger partial charge >= 0.3 is 0 Å². The van der Waals surface area contributed by atoms with Crippen LogP contribution < -0.4 is 4.90 Å². The van der Waals surface area contributed by atoms with E-state index in [9.17, 15) is 0 Å². The van der Waals surface area contributed by atoms with Crippen LogP contribution in [0.5, 0.6) is 0 Å². The van der Waals surface area contributed by atoms with Gasteiger partial charge in [-0.2, -0.15) is 0 Å². The smallest absolute Gasteiger partial charge is 0.135 e. The maximum atomic E-state index is 6.24. The average molecular weight is 827 g/mol. The lowest BCUT2D eigenvalue weighted by Crippen LogP contribution is -2.36. The van der Waals surface area contributed by atoms with Crippen molar-refractivity contribution in [1.29, 1.82) is 0 Å². The molecule has 65 heavy (non-hydrogen) atoms. The SMILES string of the molecule is c1ccc(N2c3ccccc3C3(c4ccccc4-c4cc(-c5ccc(-c6c7ccccc7c(-c7ccc8oc9ccccc9c8c7)c7ccccc67)cn5)ccc43)c3ccccc32)cc1. The van der Waals surface area contributed by atoms with E-state index in [0.29, 0.717) is 0 Å². The third-order valence-electron chi connectivity index (χ3n) is 14.1. The van der Waals surface area contributed by atoms with Crippen molar-refractivity contribution in [2.75, 3.05) is 4.90 Å². The third-order valence-corrected chi connectivity index (χ3v) is 14.1. The van der Waals surface area contributed by atoms with Crippen LogP contribution in [0.25, 0.3) is 88.1 Å². The van der Waals surface area contributed by atoms with E-state index in [2.05, 4.69) is 223 Å². The molecule has 302 valence electrons. The molecule has 2 aliphatic rings. The molecule has 0 fully saturated rings. The summed E-state index contributed by atoms with van der Waals surface area (Å²) in [7, 11) is 0. The van der Waals surface area contributed by atoms with Crippen molar-refractivity contribution in [3.8, 4) is 44.6 Å². The number of nitrogens with zero attached hydrogens (tertiary/aromatic N) is 2. The molecule has 14 rings (SSSR count). The minimum absolute atomic E-state index is 0.494. The first kappa shape index (κ1) is 36.0. The summed E-state index contributed by atoms with van der Waals surface area (Å²) < 4.78 is 6.24. The molecule has 0 saturated carbocycles. The van der Waals surface area contributed by atoms with Crippen molar-refractivity contribution in [3.05, 3.63) is 253 Å². The quantitative estimate of drug-likeness (QED) is 0.166. The van der Waals surface area contributed by atoms with Gasteiger partial charge in [-0.1, -0.05) is 170 Å². The maximum absolute atomic E-state index is 6.24. The number of hydrogen-bond donors (Lipinski definition) is 0. The monoisotopic (exact) mass is 826 g/mol. The number of para-hydroxylation sites is 4. The Bertz CT molecular complexity index is 3800. The fraction of sp³-hybridized carbons (Fsp3) is 0.0161. The molecule has 12 aromatic rings. The summed E-state index contributed by atoms with van der Waals surface area (Å²) in [6, 6.07) is 81.8. The van der Waals surface area contributed by atoms with Crippen LogP contribution in [0.1, 0.15) is 22.3 Å². The highest BCUT2D eigenvalue weighted by molar-refractivity contribution is 6.22. The number of furan rings is 1. The molecule has 3 heterocycles. The Hall–Kier alpha value is -8.53. The lowest BCUT2D eigenvalue weighted by molar-refractivity contribution is 0.669. The summed E-state index contributed by atoms with van der Waals surface area (Å²) in [5.41, 5.74) is 19.3. The Morgan fingerprint density at radius 3 is 1.55 bits per heavy atom. The zero-order valence-electron chi connectivity index (χ0n) is 35.2. The van der Waals surface area contributed by atoms with Crippen LogP contribution in [0.4, 0.5) is 17.1 Å².